The first-order chi connectivity index (χ1) is 12.7. The van der Waals surface area contributed by atoms with Crippen molar-refractivity contribution in [1.29, 1.82) is 0 Å². The van der Waals surface area contributed by atoms with Crippen LogP contribution in [0.3, 0.4) is 0 Å². The lowest BCUT2D eigenvalue weighted by molar-refractivity contribution is 0.0942. The molecule has 2 aromatic rings. The second kappa shape index (κ2) is 9.08. The Morgan fingerprint density at radius 1 is 1.15 bits per heavy atom. The van der Waals surface area contributed by atoms with Crippen molar-refractivity contribution in [1.82, 2.24) is 10.3 Å². The standard InChI is InChI=1S/C20H25N3O3/c1-25-17-6-8-18(9-7-17)26-13-12-22-20(24)19-14-16(10-11-21-19)23-15-4-2-3-5-15/h6-11,14-15H,2-5,12-13H2,1H3,(H,21,23)(H,22,24). The molecule has 3 rings (SSSR count). The monoisotopic (exact) mass is 355 g/mol. The van der Waals surface area contributed by atoms with Gasteiger partial charge in [-0.2, -0.15) is 0 Å². The fraction of sp³-hybridized carbons (Fsp3) is 0.400. The van der Waals surface area contributed by atoms with Crippen molar-refractivity contribution >= 4 is 11.6 Å². The van der Waals surface area contributed by atoms with E-state index in [-0.39, 0.29) is 5.91 Å². The fourth-order valence-electron chi connectivity index (χ4n) is 3.05. The third-order valence-electron chi connectivity index (χ3n) is 4.43. The van der Waals surface area contributed by atoms with E-state index in [0.29, 0.717) is 24.9 Å². The quantitative estimate of drug-likeness (QED) is 0.711. The molecule has 0 spiro atoms. The molecule has 0 bridgehead atoms. The molecule has 1 heterocycles. The topological polar surface area (TPSA) is 72.5 Å². The summed E-state index contributed by atoms with van der Waals surface area (Å²) >= 11 is 0. The molecule has 138 valence electrons. The van der Waals surface area contributed by atoms with Crippen molar-refractivity contribution in [2.75, 3.05) is 25.6 Å². The van der Waals surface area contributed by atoms with Gasteiger partial charge in [-0.25, -0.2) is 0 Å². The number of aromatic nitrogens is 1. The van der Waals surface area contributed by atoms with Crippen LogP contribution in [0.2, 0.25) is 0 Å². The van der Waals surface area contributed by atoms with Gasteiger partial charge in [0.1, 0.15) is 23.8 Å². The van der Waals surface area contributed by atoms with Gasteiger partial charge in [0.25, 0.3) is 5.91 Å². The van der Waals surface area contributed by atoms with E-state index in [1.807, 2.05) is 30.3 Å². The van der Waals surface area contributed by atoms with Gasteiger partial charge in [0.05, 0.1) is 13.7 Å². The highest BCUT2D eigenvalue weighted by Crippen LogP contribution is 2.22. The molecule has 1 amide bonds. The van der Waals surface area contributed by atoms with Crippen molar-refractivity contribution in [3.8, 4) is 11.5 Å². The molecule has 1 aromatic carbocycles. The summed E-state index contributed by atoms with van der Waals surface area (Å²) in [4.78, 5) is 16.4. The van der Waals surface area contributed by atoms with Crippen molar-refractivity contribution in [3.05, 3.63) is 48.3 Å². The van der Waals surface area contributed by atoms with Crippen LogP contribution in [-0.4, -0.2) is 37.2 Å². The number of benzene rings is 1. The van der Waals surface area contributed by atoms with Gasteiger partial charge in [0, 0.05) is 17.9 Å². The van der Waals surface area contributed by atoms with E-state index in [4.69, 9.17) is 9.47 Å². The van der Waals surface area contributed by atoms with Crippen LogP contribution in [0.1, 0.15) is 36.2 Å². The highest BCUT2D eigenvalue weighted by molar-refractivity contribution is 5.93. The highest BCUT2D eigenvalue weighted by atomic mass is 16.5. The number of carbonyl (C=O) groups is 1. The lowest BCUT2D eigenvalue weighted by Gasteiger charge is -2.14. The molecule has 1 fully saturated rings. The molecular weight excluding hydrogens is 330 g/mol. The average Bonchev–Trinajstić information content (AvgIpc) is 3.19. The summed E-state index contributed by atoms with van der Waals surface area (Å²) in [6.07, 6.45) is 6.58. The van der Waals surface area contributed by atoms with Gasteiger partial charge < -0.3 is 20.1 Å². The number of carbonyl (C=O) groups excluding carboxylic acids is 1. The summed E-state index contributed by atoms with van der Waals surface area (Å²) in [5.41, 5.74) is 1.36. The first-order valence-corrected chi connectivity index (χ1v) is 9.02. The van der Waals surface area contributed by atoms with Crippen molar-refractivity contribution < 1.29 is 14.3 Å². The largest absolute Gasteiger partial charge is 0.497 e. The van der Waals surface area contributed by atoms with E-state index in [9.17, 15) is 4.79 Å². The second-order valence-electron chi connectivity index (χ2n) is 6.34. The maximum atomic E-state index is 12.3. The van der Waals surface area contributed by atoms with Crippen molar-refractivity contribution in [3.63, 3.8) is 0 Å². The fourth-order valence-corrected chi connectivity index (χ4v) is 3.05. The van der Waals surface area contributed by atoms with Gasteiger partial charge in [-0.05, 0) is 49.2 Å². The van der Waals surface area contributed by atoms with E-state index >= 15 is 0 Å². The summed E-state index contributed by atoms with van der Waals surface area (Å²) in [7, 11) is 1.62. The SMILES string of the molecule is COc1ccc(OCCNC(=O)c2cc(NC3CCCC3)ccn2)cc1. The van der Waals surface area contributed by atoms with Gasteiger partial charge in [-0.15, -0.1) is 0 Å². The van der Waals surface area contributed by atoms with Crippen LogP contribution < -0.4 is 20.1 Å². The Kier molecular flexibility index (Phi) is 6.30. The number of nitrogens with one attached hydrogen (secondary N) is 2. The first kappa shape index (κ1) is 18.0. The predicted octanol–water partition coefficient (Wildman–Crippen LogP) is 3.25. The van der Waals surface area contributed by atoms with Crippen LogP contribution in [0.25, 0.3) is 0 Å². The molecule has 0 unspecified atom stereocenters. The Balaban J connectivity index is 1.43. The smallest absolute Gasteiger partial charge is 0.270 e. The minimum absolute atomic E-state index is 0.196. The summed E-state index contributed by atoms with van der Waals surface area (Å²) < 4.78 is 10.7. The van der Waals surface area contributed by atoms with E-state index in [0.717, 1.165) is 17.2 Å². The number of amides is 1. The Morgan fingerprint density at radius 2 is 1.88 bits per heavy atom. The summed E-state index contributed by atoms with van der Waals surface area (Å²) in [6, 6.07) is 11.5. The van der Waals surface area contributed by atoms with E-state index < -0.39 is 0 Å². The normalized spacial score (nSPS) is 14.0. The zero-order valence-electron chi connectivity index (χ0n) is 15.0. The Labute approximate surface area is 153 Å². The number of pyridine rings is 1. The van der Waals surface area contributed by atoms with Crippen LogP contribution in [0, 0.1) is 0 Å². The van der Waals surface area contributed by atoms with Gasteiger partial charge >= 0.3 is 0 Å². The van der Waals surface area contributed by atoms with Gasteiger partial charge in [0.2, 0.25) is 0 Å². The molecule has 0 aliphatic heterocycles. The molecular formula is C20H25N3O3. The molecule has 1 aromatic heterocycles. The maximum Gasteiger partial charge on any atom is 0.270 e. The van der Waals surface area contributed by atoms with Gasteiger partial charge in [-0.3, -0.25) is 9.78 Å². The number of rotatable bonds is 8. The second-order valence-corrected chi connectivity index (χ2v) is 6.34. The molecule has 6 nitrogen and oxygen atoms in total. The molecule has 0 radical (unpaired) electrons. The molecule has 0 saturated heterocycles. The predicted molar refractivity (Wildman–Crippen MR) is 101 cm³/mol. The Hall–Kier alpha value is -2.76. The van der Waals surface area contributed by atoms with E-state index in [2.05, 4.69) is 15.6 Å². The van der Waals surface area contributed by atoms with Crippen molar-refractivity contribution in [2.45, 2.75) is 31.7 Å². The van der Waals surface area contributed by atoms with Crippen molar-refractivity contribution in [2.24, 2.45) is 0 Å². The van der Waals surface area contributed by atoms with Crippen LogP contribution in [-0.2, 0) is 0 Å². The molecule has 1 saturated carbocycles. The minimum Gasteiger partial charge on any atom is -0.497 e. The third-order valence-corrected chi connectivity index (χ3v) is 4.43. The number of ether oxygens (including phenoxy) is 2. The lowest BCUT2D eigenvalue weighted by atomic mass is 10.2. The Bertz CT molecular complexity index is 712. The molecule has 26 heavy (non-hydrogen) atoms. The molecule has 2 N–H and O–H groups in total. The minimum atomic E-state index is -0.196. The van der Waals surface area contributed by atoms with Gasteiger partial charge in [-0.1, -0.05) is 12.8 Å². The zero-order valence-corrected chi connectivity index (χ0v) is 15.0. The summed E-state index contributed by atoms with van der Waals surface area (Å²) in [6.45, 7) is 0.797. The van der Waals surface area contributed by atoms with Crippen LogP contribution in [0.5, 0.6) is 11.5 Å². The molecule has 1 aliphatic rings. The number of hydrogen-bond acceptors (Lipinski definition) is 5. The zero-order chi connectivity index (χ0) is 18.2. The number of nitrogens with zero attached hydrogens (tertiary/aromatic N) is 1. The Morgan fingerprint density at radius 3 is 2.62 bits per heavy atom. The van der Waals surface area contributed by atoms with E-state index in [1.165, 1.54) is 25.7 Å². The summed E-state index contributed by atoms with van der Waals surface area (Å²) in [5, 5.41) is 6.31. The third kappa shape index (κ3) is 5.12. The molecule has 6 heteroatoms. The van der Waals surface area contributed by atoms with Crippen LogP contribution in [0.15, 0.2) is 42.6 Å². The number of methoxy groups -OCH3 is 1. The van der Waals surface area contributed by atoms with E-state index in [1.54, 1.807) is 19.4 Å². The molecule has 1 aliphatic carbocycles. The van der Waals surface area contributed by atoms with Crippen LogP contribution >= 0.6 is 0 Å². The van der Waals surface area contributed by atoms with Crippen LogP contribution in [0.4, 0.5) is 5.69 Å². The molecule has 0 atom stereocenters. The maximum absolute atomic E-state index is 12.3. The average molecular weight is 355 g/mol. The lowest BCUT2D eigenvalue weighted by Crippen LogP contribution is -2.29. The van der Waals surface area contributed by atoms with Gasteiger partial charge in [0.15, 0.2) is 0 Å². The number of anilines is 1. The summed E-state index contributed by atoms with van der Waals surface area (Å²) in [5.74, 6) is 1.32. The number of hydrogen-bond donors (Lipinski definition) is 2. The first-order valence-electron chi connectivity index (χ1n) is 9.02. The highest BCUT2D eigenvalue weighted by Gasteiger charge is 2.15.